The lowest BCUT2D eigenvalue weighted by molar-refractivity contribution is -0.125. The Kier molecular flexibility index (Phi) is 6.23. The molecule has 9 heteroatoms. The first-order chi connectivity index (χ1) is 17.8. The Morgan fingerprint density at radius 1 is 1.08 bits per heavy atom. The molecular weight excluding hydrogens is 476 g/mol. The van der Waals surface area contributed by atoms with Crippen LogP contribution < -0.4 is 10.6 Å². The Labute approximate surface area is 216 Å². The molecule has 0 aliphatic heterocycles. The zero-order valence-corrected chi connectivity index (χ0v) is 21.5. The number of fused-ring (bicyclic) bond motifs is 1. The highest BCUT2D eigenvalue weighted by Gasteiger charge is 2.61. The number of imidazole rings is 1. The summed E-state index contributed by atoms with van der Waals surface area (Å²) in [5, 5.41) is 11.0. The van der Waals surface area contributed by atoms with Crippen LogP contribution in [-0.4, -0.2) is 32.3 Å². The Morgan fingerprint density at radius 3 is 2.43 bits per heavy atom. The van der Waals surface area contributed by atoms with Gasteiger partial charge in [0.2, 0.25) is 17.7 Å². The van der Waals surface area contributed by atoms with Gasteiger partial charge in [-0.25, -0.2) is 18.3 Å². The molecule has 4 fully saturated rings. The second kappa shape index (κ2) is 9.31. The third kappa shape index (κ3) is 4.98. The van der Waals surface area contributed by atoms with E-state index in [0.29, 0.717) is 36.5 Å². The Bertz CT molecular complexity index is 1180. The standard InChI is InChI=1S/C28H37F2N5O2/c1-2-4-23(36)33-24(17-5-6-17)19-13-22-32-21(16-35(22)31-15-19)25(18-7-11-28(29,30)12-8-18)34-26(37)20-14-27(20)9-3-10-27/h13,15-18,20,24-25H,2-12,14H2,1H3,(H,33,36)(H,34,37)/t20-,24-,25+/m1/s1. The largest absolute Gasteiger partial charge is 0.349 e. The van der Waals surface area contributed by atoms with Crippen LogP contribution >= 0.6 is 0 Å². The minimum Gasteiger partial charge on any atom is -0.349 e. The normalized spacial score (nSPS) is 25.9. The van der Waals surface area contributed by atoms with Crippen molar-refractivity contribution in [3.63, 3.8) is 0 Å². The molecule has 200 valence electrons. The maximum absolute atomic E-state index is 13.9. The van der Waals surface area contributed by atoms with E-state index in [2.05, 4.69) is 15.7 Å². The molecule has 4 aliphatic rings. The monoisotopic (exact) mass is 513 g/mol. The number of carbonyl (C=O) groups excluding carboxylic acids is 2. The van der Waals surface area contributed by atoms with Crippen LogP contribution in [-0.2, 0) is 9.59 Å². The van der Waals surface area contributed by atoms with Gasteiger partial charge >= 0.3 is 0 Å². The van der Waals surface area contributed by atoms with Crippen molar-refractivity contribution in [1.82, 2.24) is 25.2 Å². The van der Waals surface area contributed by atoms with Crippen LogP contribution in [0.3, 0.4) is 0 Å². The third-order valence-electron chi connectivity index (χ3n) is 9.31. The third-order valence-corrected chi connectivity index (χ3v) is 9.31. The van der Waals surface area contributed by atoms with E-state index in [0.717, 1.165) is 44.1 Å². The summed E-state index contributed by atoms with van der Waals surface area (Å²) in [6, 6.07) is 1.47. The molecule has 3 atom stereocenters. The Balaban J connectivity index is 1.25. The van der Waals surface area contributed by atoms with Gasteiger partial charge in [0.15, 0.2) is 5.65 Å². The maximum atomic E-state index is 13.9. The first kappa shape index (κ1) is 24.7. The van der Waals surface area contributed by atoms with Crippen molar-refractivity contribution < 1.29 is 18.4 Å². The number of nitrogens with one attached hydrogen (secondary N) is 2. The van der Waals surface area contributed by atoms with E-state index in [1.165, 1.54) is 6.42 Å². The fourth-order valence-electron chi connectivity index (χ4n) is 6.59. The van der Waals surface area contributed by atoms with Gasteiger partial charge in [0.05, 0.1) is 30.2 Å². The van der Waals surface area contributed by atoms with Crippen molar-refractivity contribution in [2.75, 3.05) is 0 Å². The van der Waals surface area contributed by atoms with Crippen molar-refractivity contribution >= 4 is 17.5 Å². The molecule has 2 amide bonds. The minimum absolute atomic E-state index is 0.0418. The van der Waals surface area contributed by atoms with E-state index in [9.17, 15) is 18.4 Å². The molecule has 0 radical (unpaired) electrons. The summed E-state index contributed by atoms with van der Waals surface area (Å²) in [5.41, 5.74) is 2.45. The average molecular weight is 514 g/mol. The average Bonchev–Trinajstić information content (AvgIpc) is 3.76. The number of hydrogen-bond acceptors (Lipinski definition) is 4. The Hall–Kier alpha value is -2.58. The predicted molar refractivity (Wildman–Crippen MR) is 134 cm³/mol. The molecule has 0 aromatic carbocycles. The van der Waals surface area contributed by atoms with E-state index in [4.69, 9.17) is 4.98 Å². The lowest BCUT2D eigenvalue weighted by atomic mass is 9.79. The van der Waals surface area contributed by atoms with Crippen LogP contribution in [0.15, 0.2) is 18.5 Å². The van der Waals surface area contributed by atoms with E-state index in [-0.39, 0.29) is 47.9 Å². The molecule has 4 saturated carbocycles. The van der Waals surface area contributed by atoms with Gasteiger partial charge in [0, 0.05) is 25.2 Å². The summed E-state index contributed by atoms with van der Waals surface area (Å²) in [6.45, 7) is 1.99. The van der Waals surface area contributed by atoms with E-state index in [1.54, 1.807) is 10.7 Å². The van der Waals surface area contributed by atoms with E-state index >= 15 is 0 Å². The lowest BCUT2D eigenvalue weighted by Crippen LogP contribution is -2.39. The summed E-state index contributed by atoms with van der Waals surface area (Å²) in [6.07, 6.45) is 11.8. The smallest absolute Gasteiger partial charge is 0.248 e. The van der Waals surface area contributed by atoms with Crippen LogP contribution in [0.1, 0.15) is 107 Å². The van der Waals surface area contributed by atoms with Crippen molar-refractivity contribution in [2.24, 2.45) is 23.2 Å². The van der Waals surface area contributed by atoms with Crippen LogP contribution in [0.2, 0.25) is 0 Å². The number of amides is 2. The number of alkyl halides is 2. The van der Waals surface area contributed by atoms with Crippen molar-refractivity contribution in [1.29, 1.82) is 0 Å². The number of carbonyl (C=O) groups is 2. The number of hydrogen-bond donors (Lipinski definition) is 2. The second-order valence-electron chi connectivity index (χ2n) is 12.0. The molecule has 6 rings (SSSR count). The van der Waals surface area contributed by atoms with Crippen LogP contribution in [0.5, 0.6) is 0 Å². The highest BCUT2D eigenvalue weighted by atomic mass is 19.3. The summed E-state index contributed by atoms with van der Waals surface area (Å²) in [4.78, 5) is 30.4. The molecule has 2 aromatic heterocycles. The second-order valence-corrected chi connectivity index (χ2v) is 12.0. The molecule has 0 bridgehead atoms. The maximum Gasteiger partial charge on any atom is 0.248 e. The van der Waals surface area contributed by atoms with Crippen LogP contribution in [0.25, 0.3) is 5.65 Å². The fraction of sp³-hybridized carbons (Fsp3) is 0.714. The number of halogens is 2. The Morgan fingerprint density at radius 2 is 1.81 bits per heavy atom. The molecule has 2 aromatic rings. The van der Waals surface area contributed by atoms with E-state index in [1.807, 2.05) is 19.2 Å². The van der Waals surface area contributed by atoms with Gasteiger partial charge < -0.3 is 10.6 Å². The molecule has 0 unspecified atom stereocenters. The first-order valence-electron chi connectivity index (χ1n) is 14.1. The summed E-state index contributed by atoms with van der Waals surface area (Å²) in [7, 11) is 0. The topological polar surface area (TPSA) is 88.4 Å². The number of nitrogens with zero attached hydrogens (tertiary/aromatic N) is 3. The molecular formula is C28H37F2N5O2. The number of rotatable bonds is 9. The van der Waals surface area contributed by atoms with Crippen molar-refractivity contribution in [2.45, 2.75) is 102 Å². The lowest BCUT2D eigenvalue weighted by Gasteiger charge is -2.34. The predicted octanol–water partition coefficient (Wildman–Crippen LogP) is 5.27. The van der Waals surface area contributed by atoms with E-state index < -0.39 is 12.0 Å². The molecule has 2 heterocycles. The van der Waals surface area contributed by atoms with Gasteiger partial charge in [-0.05, 0) is 80.2 Å². The van der Waals surface area contributed by atoms with Gasteiger partial charge in [-0.1, -0.05) is 13.3 Å². The SMILES string of the molecule is CCCC(=O)N[C@@H](c1cnn2cc([C@@H](NC(=O)[C@H]3CC34CCC4)C3CCC(F)(F)CC3)nc2c1)C1CC1. The molecule has 4 aliphatic carbocycles. The zero-order valence-electron chi connectivity index (χ0n) is 21.5. The summed E-state index contributed by atoms with van der Waals surface area (Å²) >= 11 is 0. The fourth-order valence-corrected chi connectivity index (χ4v) is 6.59. The van der Waals surface area contributed by atoms with Gasteiger partial charge in [0.25, 0.3) is 0 Å². The molecule has 7 nitrogen and oxygen atoms in total. The van der Waals surface area contributed by atoms with Gasteiger partial charge in [-0.15, -0.1) is 0 Å². The van der Waals surface area contributed by atoms with Crippen LogP contribution in [0.4, 0.5) is 8.78 Å². The van der Waals surface area contributed by atoms with Crippen molar-refractivity contribution in [3.05, 3.63) is 29.7 Å². The molecule has 2 N–H and O–H groups in total. The summed E-state index contributed by atoms with van der Waals surface area (Å²) in [5.74, 6) is -2.18. The zero-order chi connectivity index (χ0) is 25.8. The highest BCUT2D eigenvalue weighted by molar-refractivity contribution is 5.83. The molecule has 1 spiro atoms. The molecule has 37 heavy (non-hydrogen) atoms. The van der Waals surface area contributed by atoms with Gasteiger partial charge in [0.1, 0.15) is 0 Å². The van der Waals surface area contributed by atoms with Gasteiger partial charge in [-0.2, -0.15) is 5.10 Å². The van der Waals surface area contributed by atoms with Crippen LogP contribution in [0, 0.1) is 23.2 Å². The first-order valence-corrected chi connectivity index (χ1v) is 14.1. The quantitative estimate of drug-likeness (QED) is 0.478. The highest BCUT2D eigenvalue weighted by Crippen LogP contribution is 2.65. The number of aromatic nitrogens is 3. The summed E-state index contributed by atoms with van der Waals surface area (Å²) < 4.78 is 29.6. The van der Waals surface area contributed by atoms with Crippen molar-refractivity contribution in [3.8, 4) is 0 Å². The molecule has 0 saturated heterocycles. The minimum atomic E-state index is -2.63. The van der Waals surface area contributed by atoms with Gasteiger partial charge in [-0.3, -0.25) is 9.59 Å².